The van der Waals surface area contributed by atoms with Crippen molar-refractivity contribution in [3.63, 3.8) is 0 Å². The van der Waals surface area contributed by atoms with Crippen LogP contribution in [0.2, 0.25) is 0 Å². The minimum atomic E-state index is 0.0262. The molecule has 0 atom stereocenters. The van der Waals surface area contributed by atoms with Gasteiger partial charge in [-0.3, -0.25) is 9.69 Å². The fraction of sp³-hybridized carbons (Fsp3) is 0.375. The average Bonchev–Trinajstić information content (AvgIpc) is 3.37. The molecule has 0 radical (unpaired) electrons. The second kappa shape index (κ2) is 8.61. The van der Waals surface area contributed by atoms with Crippen LogP contribution >= 0.6 is 0 Å². The standard InChI is InChI=1S/C24H28N2O2/c1-2-18-9-10-22-21(17-28-23(22)13-18)14-24(27)25-15-19-7-3-4-8-20(19)16-26-11-5-6-12-26/h3-4,7-10,13,17H,2,5-6,11-12,14-16H2,1H3,(H,25,27). The predicted octanol–water partition coefficient (Wildman–Crippen LogP) is 4.45. The molecule has 4 nitrogen and oxygen atoms in total. The number of carbonyl (C=O) groups excluding carboxylic acids is 1. The minimum Gasteiger partial charge on any atom is -0.464 e. The topological polar surface area (TPSA) is 45.5 Å². The van der Waals surface area contributed by atoms with Crippen molar-refractivity contribution in [2.45, 2.75) is 45.7 Å². The van der Waals surface area contributed by atoms with Crippen LogP contribution in [0.5, 0.6) is 0 Å². The summed E-state index contributed by atoms with van der Waals surface area (Å²) in [5.74, 6) is 0.0262. The van der Waals surface area contributed by atoms with Gasteiger partial charge in [0.15, 0.2) is 0 Å². The Morgan fingerprint density at radius 3 is 2.64 bits per heavy atom. The minimum absolute atomic E-state index is 0.0262. The molecule has 0 unspecified atom stereocenters. The zero-order valence-electron chi connectivity index (χ0n) is 16.5. The van der Waals surface area contributed by atoms with Gasteiger partial charge >= 0.3 is 0 Å². The lowest BCUT2D eigenvalue weighted by molar-refractivity contribution is -0.120. The highest BCUT2D eigenvalue weighted by atomic mass is 16.3. The summed E-state index contributed by atoms with van der Waals surface area (Å²) < 4.78 is 5.66. The van der Waals surface area contributed by atoms with Crippen LogP contribution in [-0.2, 0) is 30.7 Å². The molecule has 0 saturated carbocycles. The van der Waals surface area contributed by atoms with Crippen molar-refractivity contribution in [2.75, 3.05) is 13.1 Å². The molecule has 1 amide bonds. The Kier molecular flexibility index (Phi) is 5.77. The zero-order chi connectivity index (χ0) is 19.3. The van der Waals surface area contributed by atoms with E-state index in [0.717, 1.165) is 29.5 Å². The fourth-order valence-corrected chi connectivity index (χ4v) is 3.98. The molecular weight excluding hydrogens is 348 g/mol. The molecule has 4 rings (SSSR count). The van der Waals surface area contributed by atoms with Gasteiger partial charge in [-0.25, -0.2) is 0 Å². The molecule has 1 N–H and O–H groups in total. The van der Waals surface area contributed by atoms with Crippen LogP contribution in [-0.4, -0.2) is 23.9 Å². The van der Waals surface area contributed by atoms with E-state index in [1.165, 1.54) is 42.6 Å². The summed E-state index contributed by atoms with van der Waals surface area (Å²) in [6, 6.07) is 14.6. The number of nitrogens with one attached hydrogen (secondary N) is 1. The largest absolute Gasteiger partial charge is 0.464 e. The molecule has 28 heavy (non-hydrogen) atoms. The van der Waals surface area contributed by atoms with Gasteiger partial charge in [-0.15, -0.1) is 0 Å². The number of nitrogens with zero attached hydrogens (tertiary/aromatic N) is 1. The molecule has 2 heterocycles. The van der Waals surface area contributed by atoms with Crippen LogP contribution in [0, 0.1) is 0 Å². The summed E-state index contributed by atoms with van der Waals surface area (Å²) in [5.41, 5.74) is 5.56. The van der Waals surface area contributed by atoms with Crippen LogP contribution in [0.25, 0.3) is 11.0 Å². The van der Waals surface area contributed by atoms with Crippen LogP contribution < -0.4 is 5.32 Å². The van der Waals surface area contributed by atoms with Crippen LogP contribution in [0.4, 0.5) is 0 Å². The van der Waals surface area contributed by atoms with E-state index in [9.17, 15) is 4.79 Å². The van der Waals surface area contributed by atoms with Gasteiger partial charge in [-0.2, -0.15) is 0 Å². The van der Waals surface area contributed by atoms with E-state index in [4.69, 9.17) is 4.42 Å². The third kappa shape index (κ3) is 4.28. The van der Waals surface area contributed by atoms with Crippen LogP contribution in [0.3, 0.4) is 0 Å². The molecule has 2 aromatic carbocycles. The Morgan fingerprint density at radius 1 is 1.07 bits per heavy atom. The molecule has 3 aromatic rings. The Hall–Kier alpha value is -2.59. The molecule has 1 aliphatic rings. The van der Waals surface area contributed by atoms with E-state index in [-0.39, 0.29) is 5.91 Å². The van der Waals surface area contributed by atoms with Crippen molar-refractivity contribution in [1.29, 1.82) is 0 Å². The number of likely N-dealkylation sites (tertiary alicyclic amines) is 1. The number of rotatable bonds is 7. The van der Waals surface area contributed by atoms with Crippen molar-refractivity contribution >= 4 is 16.9 Å². The normalized spacial score (nSPS) is 14.6. The number of aryl methyl sites for hydroxylation is 1. The number of benzene rings is 2. The van der Waals surface area contributed by atoms with E-state index >= 15 is 0 Å². The lowest BCUT2D eigenvalue weighted by atomic mass is 10.1. The summed E-state index contributed by atoms with van der Waals surface area (Å²) in [6.45, 7) is 6.01. The average molecular weight is 377 g/mol. The number of furan rings is 1. The lowest BCUT2D eigenvalue weighted by Gasteiger charge is -2.17. The summed E-state index contributed by atoms with van der Waals surface area (Å²) >= 11 is 0. The van der Waals surface area contributed by atoms with Gasteiger partial charge in [0.2, 0.25) is 5.91 Å². The summed E-state index contributed by atoms with van der Waals surface area (Å²) in [5, 5.41) is 4.12. The first kappa shape index (κ1) is 18.8. The van der Waals surface area contributed by atoms with Crippen molar-refractivity contribution in [3.05, 3.63) is 71.0 Å². The molecule has 1 saturated heterocycles. The van der Waals surface area contributed by atoms with Crippen molar-refractivity contribution < 1.29 is 9.21 Å². The number of fused-ring (bicyclic) bond motifs is 1. The maximum atomic E-state index is 12.5. The van der Waals surface area contributed by atoms with Gasteiger partial charge in [0.1, 0.15) is 5.58 Å². The van der Waals surface area contributed by atoms with E-state index in [1.54, 1.807) is 6.26 Å². The SMILES string of the molecule is CCc1ccc2c(CC(=O)NCc3ccccc3CN3CCCC3)coc2c1. The zero-order valence-corrected chi connectivity index (χ0v) is 16.5. The lowest BCUT2D eigenvalue weighted by Crippen LogP contribution is -2.26. The summed E-state index contributed by atoms with van der Waals surface area (Å²) in [7, 11) is 0. The summed E-state index contributed by atoms with van der Waals surface area (Å²) in [6.07, 6.45) is 5.61. The van der Waals surface area contributed by atoms with Gasteiger partial charge in [0.05, 0.1) is 12.7 Å². The van der Waals surface area contributed by atoms with Crippen LogP contribution in [0.15, 0.2) is 53.1 Å². The molecule has 0 aliphatic carbocycles. The molecule has 0 bridgehead atoms. The first-order valence-corrected chi connectivity index (χ1v) is 10.3. The highest BCUT2D eigenvalue weighted by molar-refractivity contribution is 5.87. The molecule has 4 heteroatoms. The fourth-order valence-electron chi connectivity index (χ4n) is 3.98. The molecule has 146 valence electrons. The monoisotopic (exact) mass is 376 g/mol. The maximum Gasteiger partial charge on any atom is 0.224 e. The van der Waals surface area contributed by atoms with Gasteiger partial charge in [0, 0.05) is 24.0 Å². The van der Waals surface area contributed by atoms with Gasteiger partial charge < -0.3 is 9.73 Å². The van der Waals surface area contributed by atoms with Gasteiger partial charge in [-0.1, -0.05) is 43.3 Å². The number of hydrogen-bond donors (Lipinski definition) is 1. The van der Waals surface area contributed by atoms with E-state index < -0.39 is 0 Å². The van der Waals surface area contributed by atoms with Gasteiger partial charge in [-0.05, 0) is 55.1 Å². The maximum absolute atomic E-state index is 12.5. The predicted molar refractivity (Wildman–Crippen MR) is 112 cm³/mol. The van der Waals surface area contributed by atoms with Gasteiger partial charge in [0.25, 0.3) is 0 Å². The summed E-state index contributed by atoms with van der Waals surface area (Å²) in [4.78, 5) is 15.0. The highest BCUT2D eigenvalue weighted by Crippen LogP contribution is 2.23. The van der Waals surface area contributed by atoms with Crippen molar-refractivity contribution in [1.82, 2.24) is 10.2 Å². The Bertz CT molecular complexity index is 954. The Balaban J connectivity index is 1.38. The highest BCUT2D eigenvalue weighted by Gasteiger charge is 2.15. The first-order valence-electron chi connectivity index (χ1n) is 10.3. The van der Waals surface area contributed by atoms with E-state index in [1.807, 2.05) is 6.07 Å². The molecular formula is C24H28N2O2. The number of amides is 1. The van der Waals surface area contributed by atoms with Crippen molar-refractivity contribution in [3.8, 4) is 0 Å². The molecule has 1 aliphatic heterocycles. The third-order valence-corrected chi connectivity index (χ3v) is 5.67. The quantitative estimate of drug-likeness (QED) is 0.663. The second-order valence-corrected chi connectivity index (χ2v) is 7.65. The Morgan fingerprint density at radius 2 is 1.86 bits per heavy atom. The second-order valence-electron chi connectivity index (χ2n) is 7.65. The number of carbonyl (C=O) groups is 1. The van der Waals surface area contributed by atoms with E-state index in [0.29, 0.717) is 13.0 Å². The number of hydrogen-bond acceptors (Lipinski definition) is 3. The Labute approximate surface area is 166 Å². The smallest absolute Gasteiger partial charge is 0.224 e. The molecule has 1 aromatic heterocycles. The third-order valence-electron chi connectivity index (χ3n) is 5.67. The van der Waals surface area contributed by atoms with Crippen LogP contribution in [0.1, 0.15) is 42.0 Å². The van der Waals surface area contributed by atoms with E-state index in [2.05, 4.69) is 53.5 Å². The first-order chi connectivity index (χ1) is 13.7. The molecule has 0 spiro atoms. The molecule has 1 fully saturated rings. The van der Waals surface area contributed by atoms with Crippen molar-refractivity contribution in [2.24, 2.45) is 0 Å².